The van der Waals surface area contributed by atoms with Gasteiger partial charge in [-0.3, -0.25) is 9.29 Å². The number of fused-ring (bicyclic) bond motifs is 1. The van der Waals surface area contributed by atoms with Gasteiger partial charge in [-0.1, -0.05) is 60.7 Å². The highest BCUT2D eigenvalue weighted by molar-refractivity contribution is 7.93. The highest BCUT2D eigenvalue weighted by Crippen LogP contribution is 2.30. The molecule has 0 aliphatic carbocycles. The van der Waals surface area contributed by atoms with Crippen LogP contribution < -0.4 is 10.5 Å². The molecule has 0 aliphatic heterocycles. The van der Waals surface area contributed by atoms with Gasteiger partial charge in [-0.25, -0.2) is 18.2 Å². The second kappa shape index (κ2) is 8.06. The zero-order chi connectivity index (χ0) is 22.1. The molecule has 2 aromatic heterocycles. The van der Waals surface area contributed by atoms with Gasteiger partial charge in [0.25, 0.3) is 10.0 Å². The molecule has 2 heterocycles. The first kappa shape index (κ1) is 20.2. The number of aromatic nitrogens is 3. The van der Waals surface area contributed by atoms with Gasteiger partial charge in [-0.2, -0.15) is 4.37 Å². The molecule has 0 spiro atoms. The van der Waals surface area contributed by atoms with Crippen LogP contribution in [0.2, 0.25) is 0 Å². The molecule has 0 aliphatic rings. The Labute approximate surface area is 187 Å². The minimum atomic E-state index is -3.92. The lowest BCUT2D eigenvalue weighted by molar-refractivity contribution is 0.498. The van der Waals surface area contributed by atoms with E-state index in [4.69, 9.17) is 4.42 Å². The number of anilines is 1. The topological polar surface area (TPSA) is 107 Å². The molecule has 10 heteroatoms. The van der Waals surface area contributed by atoms with Gasteiger partial charge in [-0.15, -0.1) is 0 Å². The molecule has 5 rings (SSSR count). The van der Waals surface area contributed by atoms with E-state index in [9.17, 15) is 13.2 Å². The van der Waals surface area contributed by atoms with Crippen LogP contribution in [0.4, 0.5) is 5.13 Å². The molecular formula is C22H16N4O4S2. The van der Waals surface area contributed by atoms with Crippen LogP contribution in [-0.4, -0.2) is 22.3 Å². The molecule has 0 radical (unpaired) electrons. The van der Waals surface area contributed by atoms with Crippen LogP contribution in [0.25, 0.3) is 11.1 Å². The van der Waals surface area contributed by atoms with E-state index in [1.165, 1.54) is 23.0 Å². The van der Waals surface area contributed by atoms with Crippen molar-refractivity contribution in [2.45, 2.75) is 10.9 Å². The zero-order valence-corrected chi connectivity index (χ0v) is 18.1. The predicted octanol–water partition coefficient (Wildman–Crippen LogP) is 3.88. The van der Waals surface area contributed by atoms with E-state index in [1.807, 2.05) is 60.7 Å². The summed E-state index contributed by atoms with van der Waals surface area (Å²) in [5, 5.41) is 0.150. The predicted molar refractivity (Wildman–Crippen MR) is 121 cm³/mol. The van der Waals surface area contributed by atoms with E-state index in [0.717, 1.165) is 22.7 Å². The van der Waals surface area contributed by atoms with E-state index in [2.05, 4.69) is 14.1 Å². The van der Waals surface area contributed by atoms with Crippen molar-refractivity contribution < 1.29 is 12.8 Å². The maximum absolute atomic E-state index is 13.0. The van der Waals surface area contributed by atoms with Gasteiger partial charge in [0.1, 0.15) is 6.33 Å². The summed E-state index contributed by atoms with van der Waals surface area (Å²) in [6.45, 7) is 0. The third-order valence-electron chi connectivity index (χ3n) is 4.97. The molecule has 8 nitrogen and oxygen atoms in total. The Kier molecular flexibility index (Phi) is 5.08. The highest BCUT2D eigenvalue weighted by atomic mass is 32.2. The molecule has 1 N–H and O–H groups in total. The van der Waals surface area contributed by atoms with E-state index in [0.29, 0.717) is 5.52 Å². The molecule has 5 aromatic rings. The number of nitrogens with one attached hydrogen (secondary N) is 1. The number of benzene rings is 3. The van der Waals surface area contributed by atoms with E-state index in [1.54, 1.807) is 6.07 Å². The van der Waals surface area contributed by atoms with Gasteiger partial charge < -0.3 is 4.42 Å². The molecule has 0 saturated heterocycles. The summed E-state index contributed by atoms with van der Waals surface area (Å²) < 4.78 is 38.6. The molecule has 0 bridgehead atoms. The second-order valence-corrected chi connectivity index (χ2v) is 9.41. The smallest absolute Gasteiger partial charge is 0.408 e. The van der Waals surface area contributed by atoms with Crippen molar-refractivity contribution in [2.24, 2.45) is 0 Å². The number of nitrogens with zero attached hydrogens (tertiary/aromatic N) is 3. The van der Waals surface area contributed by atoms with Crippen LogP contribution in [-0.2, 0) is 10.0 Å². The number of oxazole rings is 1. The molecule has 160 valence electrons. The lowest BCUT2D eigenvalue weighted by Crippen LogP contribution is -2.22. The molecule has 0 unspecified atom stereocenters. The quantitative estimate of drug-likeness (QED) is 0.409. The van der Waals surface area contributed by atoms with Crippen molar-refractivity contribution in [1.29, 1.82) is 0 Å². The summed E-state index contributed by atoms with van der Waals surface area (Å²) in [6, 6.07) is 23.1. The summed E-state index contributed by atoms with van der Waals surface area (Å²) in [4.78, 5) is 16.8. The van der Waals surface area contributed by atoms with Crippen molar-refractivity contribution in [2.75, 3.05) is 4.72 Å². The zero-order valence-electron chi connectivity index (χ0n) is 16.5. The average Bonchev–Trinajstić information content (AvgIpc) is 3.42. The van der Waals surface area contributed by atoms with Crippen molar-refractivity contribution in [3.8, 4) is 0 Å². The van der Waals surface area contributed by atoms with Crippen molar-refractivity contribution >= 4 is 37.8 Å². The third-order valence-corrected chi connectivity index (χ3v) is 7.01. The number of sulfonamides is 1. The molecule has 3 aromatic carbocycles. The Morgan fingerprint density at radius 1 is 0.938 bits per heavy atom. The van der Waals surface area contributed by atoms with E-state index < -0.39 is 21.8 Å². The van der Waals surface area contributed by atoms with Gasteiger partial charge >= 0.3 is 5.76 Å². The van der Waals surface area contributed by atoms with Crippen molar-refractivity contribution in [3.05, 3.63) is 107 Å². The minimum Gasteiger partial charge on any atom is -0.408 e. The van der Waals surface area contributed by atoms with Crippen LogP contribution in [0.5, 0.6) is 0 Å². The lowest BCUT2D eigenvalue weighted by Gasteiger charge is -2.19. The molecular weight excluding hydrogens is 448 g/mol. The van der Waals surface area contributed by atoms with Gasteiger partial charge in [0, 0.05) is 17.6 Å². The number of rotatable bonds is 6. The largest absolute Gasteiger partial charge is 0.420 e. The normalized spacial score (nSPS) is 11.8. The van der Waals surface area contributed by atoms with Crippen LogP contribution in [0.1, 0.15) is 17.2 Å². The third kappa shape index (κ3) is 3.70. The molecule has 0 amide bonds. The molecule has 0 atom stereocenters. The highest BCUT2D eigenvalue weighted by Gasteiger charge is 2.24. The minimum absolute atomic E-state index is 0.0444. The summed E-state index contributed by atoms with van der Waals surface area (Å²) in [6.07, 6.45) is 1.26. The van der Waals surface area contributed by atoms with Gasteiger partial charge in [0.05, 0.1) is 16.5 Å². The Bertz CT molecular complexity index is 1490. The Morgan fingerprint density at radius 3 is 2.19 bits per heavy atom. The maximum Gasteiger partial charge on any atom is 0.420 e. The first-order valence-corrected chi connectivity index (χ1v) is 11.8. The summed E-state index contributed by atoms with van der Waals surface area (Å²) in [7, 11) is -3.92. The number of hydrogen-bond donors (Lipinski definition) is 1. The van der Waals surface area contributed by atoms with Gasteiger partial charge in [0.2, 0.25) is 5.13 Å². The van der Waals surface area contributed by atoms with E-state index >= 15 is 0 Å². The van der Waals surface area contributed by atoms with E-state index in [-0.39, 0.29) is 15.6 Å². The Morgan fingerprint density at radius 2 is 1.59 bits per heavy atom. The average molecular weight is 465 g/mol. The monoisotopic (exact) mass is 464 g/mol. The van der Waals surface area contributed by atoms with Gasteiger partial charge in [0.15, 0.2) is 5.58 Å². The standard InChI is InChI=1S/C22H16N4O4S2/c27-22-26(20(15-7-3-1-4-8-15)16-9-5-2-6-10-16)18-12-11-17(13-19(18)30-22)32(28,29)25-21-23-14-24-31-21/h1-14,20H,(H,23,24,25). The first-order valence-electron chi connectivity index (χ1n) is 9.57. The SMILES string of the molecule is O=c1oc2cc(S(=O)(=O)Nc3ncns3)ccc2n1C(c1ccccc1)c1ccccc1. The summed E-state index contributed by atoms with van der Waals surface area (Å²) in [5.41, 5.74) is 2.46. The van der Waals surface area contributed by atoms with Crippen molar-refractivity contribution in [1.82, 2.24) is 13.9 Å². The van der Waals surface area contributed by atoms with Crippen LogP contribution >= 0.6 is 11.5 Å². The van der Waals surface area contributed by atoms with Crippen LogP contribution in [0.15, 0.2) is 99.3 Å². The molecule has 0 fully saturated rings. The maximum atomic E-state index is 13.0. The summed E-state index contributed by atoms with van der Waals surface area (Å²) >= 11 is 0.925. The molecule has 0 saturated carbocycles. The fraction of sp³-hybridized carbons (Fsp3) is 0.0455. The molecule has 32 heavy (non-hydrogen) atoms. The second-order valence-electron chi connectivity index (χ2n) is 6.94. The summed E-state index contributed by atoms with van der Waals surface area (Å²) in [5.74, 6) is -0.579. The Hall–Kier alpha value is -3.76. The van der Waals surface area contributed by atoms with Crippen LogP contribution in [0, 0.1) is 0 Å². The van der Waals surface area contributed by atoms with Crippen molar-refractivity contribution in [3.63, 3.8) is 0 Å². The first-order chi connectivity index (χ1) is 15.5. The Balaban J connectivity index is 1.64. The number of hydrogen-bond acceptors (Lipinski definition) is 7. The van der Waals surface area contributed by atoms with Crippen LogP contribution in [0.3, 0.4) is 0 Å². The lowest BCUT2D eigenvalue weighted by atomic mass is 9.98. The fourth-order valence-corrected chi connectivity index (χ4v) is 5.26. The fourth-order valence-electron chi connectivity index (χ4n) is 3.58. The van der Waals surface area contributed by atoms with Gasteiger partial charge in [-0.05, 0) is 23.3 Å².